The number of amides is 1. The van der Waals surface area contributed by atoms with Crippen molar-refractivity contribution < 1.29 is 4.79 Å². The Balaban J connectivity index is 0.00000156. The van der Waals surface area contributed by atoms with Gasteiger partial charge in [-0.1, -0.05) is 18.0 Å². The average Bonchev–Trinajstić information content (AvgIpc) is 3.04. The molecule has 1 heterocycles. The van der Waals surface area contributed by atoms with Crippen LogP contribution in [0.1, 0.15) is 38.5 Å². The van der Waals surface area contributed by atoms with E-state index in [0.717, 1.165) is 43.7 Å². The highest BCUT2D eigenvalue weighted by Crippen LogP contribution is 2.35. The first-order chi connectivity index (χ1) is 11.2. The minimum absolute atomic E-state index is 0. The normalized spacial score (nSPS) is 22.7. The van der Waals surface area contributed by atoms with Crippen LogP contribution in [0.4, 0.5) is 11.4 Å². The summed E-state index contributed by atoms with van der Waals surface area (Å²) in [6.07, 6.45) is 6.78. The van der Waals surface area contributed by atoms with Crippen molar-refractivity contribution in [3.8, 4) is 0 Å². The predicted molar refractivity (Wildman–Crippen MR) is 111 cm³/mol. The first kappa shape index (κ1) is 22.4. The van der Waals surface area contributed by atoms with Crippen LogP contribution in [0.2, 0.25) is 5.02 Å². The van der Waals surface area contributed by atoms with Gasteiger partial charge in [-0.3, -0.25) is 4.79 Å². The molecule has 7 heteroatoms. The molecule has 0 radical (unpaired) electrons. The van der Waals surface area contributed by atoms with Gasteiger partial charge in [0.2, 0.25) is 5.91 Å². The van der Waals surface area contributed by atoms with Gasteiger partial charge in [0.15, 0.2) is 0 Å². The van der Waals surface area contributed by atoms with Crippen LogP contribution >= 0.6 is 36.4 Å². The number of carbonyl (C=O) groups excluding carboxylic acids is 1. The van der Waals surface area contributed by atoms with Crippen LogP contribution in [-0.2, 0) is 4.79 Å². The zero-order chi connectivity index (χ0) is 16.2. The van der Waals surface area contributed by atoms with Gasteiger partial charge in [0, 0.05) is 24.0 Å². The number of piperidine rings is 1. The van der Waals surface area contributed by atoms with Gasteiger partial charge in [-0.25, -0.2) is 0 Å². The molecule has 1 aliphatic heterocycles. The first-order valence-electron chi connectivity index (χ1n) is 8.74. The highest BCUT2D eigenvalue weighted by Gasteiger charge is 2.32. The summed E-state index contributed by atoms with van der Waals surface area (Å²) >= 11 is 6.17. The Labute approximate surface area is 167 Å². The number of anilines is 2. The predicted octanol–water partition coefficient (Wildman–Crippen LogP) is 4.49. The van der Waals surface area contributed by atoms with Crippen molar-refractivity contribution in [1.29, 1.82) is 0 Å². The van der Waals surface area contributed by atoms with Gasteiger partial charge in [-0.05, 0) is 62.8 Å². The van der Waals surface area contributed by atoms with Gasteiger partial charge in [-0.15, -0.1) is 24.8 Å². The Kier molecular flexibility index (Phi) is 9.36. The smallest absolute Gasteiger partial charge is 0.227 e. The molecule has 1 aliphatic carbocycles. The van der Waals surface area contributed by atoms with E-state index in [0.29, 0.717) is 17.5 Å². The molecule has 0 unspecified atom stereocenters. The van der Waals surface area contributed by atoms with Crippen LogP contribution in [0.25, 0.3) is 0 Å². The van der Waals surface area contributed by atoms with E-state index in [1.807, 2.05) is 18.2 Å². The van der Waals surface area contributed by atoms with Crippen molar-refractivity contribution in [1.82, 2.24) is 0 Å². The van der Waals surface area contributed by atoms with E-state index in [-0.39, 0.29) is 36.6 Å². The molecule has 0 aromatic heterocycles. The summed E-state index contributed by atoms with van der Waals surface area (Å²) in [5.41, 5.74) is 7.74. The van der Waals surface area contributed by atoms with Crippen molar-refractivity contribution in [3.63, 3.8) is 0 Å². The van der Waals surface area contributed by atoms with E-state index in [9.17, 15) is 4.79 Å². The van der Waals surface area contributed by atoms with E-state index in [4.69, 9.17) is 17.3 Å². The molecule has 2 fully saturated rings. The van der Waals surface area contributed by atoms with Crippen molar-refractivity contribution in [2.75, 3.05) is 29.9 Å². The van der Waals surface area contributed by atoms with Gasteiger partial charge in [0.1, 0.15) is 0 Å². The maximum Gasteiger partial charge on any atom is 0.227 e. The Morgan fingerprint density at radius 2 is 1.88 bits per heavy atom. The summed E-state index contributed by atoms with van der Waals surface area (Å²) in [7, 11) is 0. The number of rotatable bonds is 4. The minimum atomic E-state index is 0. The quantitative estimate of drug-likeness (QED) is 0.772. The fourth-order valence-corrected chi connectivity index (χ4v) is 4.08. The second kappa shape index (κ2) is 10.5. The Morgan fingerprint density at radius 1 is 1.16 bits per heavy atom. The molecule has 2 aliphatic rings. The number of benzene rings is 1. The van der Waals surface area contributed by atoms with E-state index in [2.05, 4.69) is 10.2 Å². The molecular formula is C18H28Cl3N3O. The first-order valence-corrected chi connectivity index (χ1v) is 9.12. The number of carbonyl (C=O) groups is 1. The standard InChI is InChI=1S/C18H26ClN3O.2ClH/c19-14-7-8-17(22-9-2-1-3-10-22)16(11-14)21-18(23)15-6-4-5-13(15)12-20;;/h7-8,11,13,15H,1-6,9-10,12,20H2,(H,21,23);2*1H/t13-,15-;;/m1../s1. The number of hydrogen-bond acceptors (Lipinski definition) is 3. The summed E-state index contributed by atoms with van der Waals surface area (Å²) in [4.78, 5) is 15.1. The maximum absolute atomic E-state index is 12.7. The molecule has 4 nitrogen and oxygen atoms in total. The molecule has 0 bridgehead atoms. The second-order valence-corrected chi connectivity index (χ2v) is 7.17. The lowest BCUT2D eigenvalue weighted by molar-refractivity contribution is -0.120. The van der Waals surface area contributed by atoms with Crippen molar-refractivity contribution in [3.05, 3.63) is 23.2 Å². The fraction of sp³-hybridized carbons (Fsp3) is 0.611. The van der Waals surface area contributed by atoms with Crippen LogP contribution in [-0.4, -0.2) is 25.5 Å². The van der Waals surface area contributed by atoms with Gasteiger partial charge >= 0.3 is 0 Å². The SMILES string of the molecule is Cl.Cl.NC[C@H]1CCC[C@H]1C(=O)Nc1cc(Cl)ccc1N1CCCCC1. The fourth-order valence-electron chi connectivity index (χ4n) is 3.91. The Bertz CT molecular complexity index is 564. The topological polar surface area (TPSA) is 58.4 Å². The molecule has 142 valence electrons. The maximum atomic E-state index is 12.7. The lowest BCUT2D eigenvalue weighted by atomic mass is 9.95. The van der Waals surface area contributed by atoms with Crippen molar-refractivity contribution in [2.24, 2.45) is 17.6 Å². The lowest BCUT2D eigenvalue weighted by Crippen LogP contribution is -2.32. The Morgan fingerprint density at radius 3 is 2.56 bits per heavy atom. The molecule has 3 N–H and O–H groups in total. The third kappa shape index (κ3) is 5.40. The van der Waals surface area contributed by atoms with Crippen LogP contribution in [0.5, 0.6) is 0 Å². The molecular weight excluding hydrogens is 381 g/mol. The molecule has 0 spiro atoms. The number of nitrogens with two attached hydrogens (primary N) is 1. The summed E-state index contributed by atoms with van der Waals surface area (Å²) in [5.74, 6) is 0.444. The van der Waals surface area contributed by atoms with Crippen LogP contribution in [0.15, 0.2) is 18.2 Å². The molecule has 1 aromatic rings. The van der Waals surface area contributed by atoms with Gasteiger partial charge in [0.25, 0.3) is 0 Å². The highest BCUT2D eigenvalue weighted by atomic mass is 35.5. The van der Waals surface area contributed by atoms with E-state index < -0.39 is 0 Å². The third-order valence-corrected chi connectivity index (χ3v) is 5.45. The van der Waals surface area contributed by atoms with Crippen molar-refractivity contribution in [2.45, 2.75) is 38.5 Å². The molecule has 3 rings (SSSR count). The molecule has 1 amide bonds. The molecule has 2 atom stereocenters. The van der Waals surface area contributed by atoms with Crippen LogP contribution in [0.3, 0.4) is 0 Å². The molecule has 1 saturated heterocycles. The average molecular weight is 409 g/mol. The summed E-state index contributed by atoms with van der Waals surface area (Å²) in [5, 5.41) is 3.79. The van der Waals surface area contributed by atoms with E-state index in [1.165, 1.54) is 19.3 Å². The number of nitrogens with one attached hydrogen (secondary N) is 1. The third-order valence-electron chi connectivity index (χ3n) is 5.21. The zero-order valence-corrected chi connectivity index (χ0v) is 16.8. The number of nitrogens with zero attached hydrogens (tertiary/aromatic N) is 1. The summed E-state index contributed by atoms with van der Waals surface area (Å²) in [6, 6.07) is 5.80. The van der Waals surface area contributed by atoms with Crippen molar-refractivity contribution >= 4 is 53.7 Å². The monoisotopic (exact) mass is 407 g/mol. The Hall–Kier alpha value is -0.680. The molecule has 1 aromatic carbocycles. The van der Waals surface area contributed by atoms with E-state index in [1.54, 1.807) is 0 Å². The second-order valence-electron chi connectivity index (χ2n) is 6.73. The largest absolute Gasteiger partial charge is 0.370 e. The van der Waals surface area contributed by atoms with Gasteiger partial charge < -0.3 is 16.0 Å². The molecule has 25 heavy (non-hydrogen) atoms. The van der Waals surface area contributed by atoms with E-state index >= 15 is 0 Å². The number of hydrogen-bond donors (Lipinski definition) is 2. The van der Waals surface area contributed by atoms with Crippen LogP contribution < -0.4 is 16.0 Å². The van der Waals surface area contributed by atoms with Gasteiger partial charge in [0.05, 0.1) is 11.4 Å². The summed E-state index contributed by atoms with van der Waals surface area (Å²) < 4.78 is 0. The summed E-state index contributed by atoms with van der Waals surface area (Å²) in [6.45, 7) is 2.67. The molecule has 1 saturated carbocycles. The lowest BCUT2D eigenvalue weighted by Gasteiger charge is -2.31. The minimum Gasteiger partial charge on any atom is -0.370 e. The zero-order valence-electron chi connectivity index (χ0n) is 14.4. The highest BCUT2D eigenvalue weighted by molar-refractivity contribution is 6.31. The van der Waals surface area contributed by atoms with Crippen LogP contribution in [0, 0.1) is 11.8 Å². The van der Waals surface area contributed by atoms with Gasteiger partial charge in [-0.2, -0.15) is 0 Å². The number of halogens is 3.